The summed E-state index contributed by atoms with van der Waals surface area (Å²) < 4.78 is 21.3. The second-order valence-corrected chi connectivity index (χ2v) is 7.58. The molecule has 0 aromatic heterocycles. The molecule has 1 aliphatic rings. The first-order chi connectivity index (χ1) is 15.4. The van der Waals surface area contributed by atoms with E-state index in [1.807, 2.05) is 0 Å². The quantitative estimate of drug-likeness (QED) is 0.336. The van der Waals surface area contributed by atoms with Crippen LogP contribution in [0.3, 0.4) is 0 Å². The maximum atomic E-state index is 13.1. The zero-order valence-electron chi connectivity index (χ0n) is 18.7. The van der Waals surface area contributed by atoms with Crippen LogP contribution >= 0.6 is 35.6 Å². The Morgan fingerprint density at radius 2 is 1.79 bits per heavy atom. The van der Waals surface area contributed by atoms with Gasteiger partial charge in [0.25, 0.3) is 0 Å². The molecule has 0 spiro atoms. The van der Waals surface area contributed by atoms with Gasteiger partial charge in [0.05, 0.1) is 73.0 Å². The fourth-order valence-electron chi connectivity index (χ4n) is 3.37. The van der Waals surface area contributed by atoms with E-state index in [0.29, 0.717) is 41.7 Å². The number of methoxy groups -OCH3 is 1. The molecule has 1 atom stereocenters. The van der Waals surface area contributed by atoms with Crippen LogP contribution in [0.1, 0.15) is 25.3 Å². The van der Waals surface area contributed by atoms with Gasteiger partial charge in [-0.25, -0.2) is 9.59 Å². The minimum absolute atomic E-state index is 0. The van der Waals surface area contributed by atoms with E-state index in [0.717, 1.165) is 0 Å². The summed E-state index contributed by atoms with van der Waals surface area (Å²) in [5.41, 5.74) is 7.27. The Bertz CT molecular complexity index is 904. The minimum atomic E-state index is -0.860. The molecule has 184 valence electrons. The Morgan fingerprint density at radius 1 is 1.09 bits per heavy atom. The average Bonchev–Trinajstić information content (AvgIpc) is 2.77. The molecule has 1 aliphatic heterocycles. The van der Waals surface area contributed by atoms with E-state index in [2.05, 4.69) is 5.32 Å². The van der Waals surface area contributed by atoms with Crippen LogP contribution in [-0.4, -0.2) is 58.6 Å². The lowest BCUT2D eigenvalue weighted by molar-refractivity contribution is -0.139. The van der Waals surface area contributed by atoms with Crippen LogP contribution in [0, 0.1) is 0 Å². The van der Waals surface area contributed by atoms with Crippen LogP contribution < -0.4 is 11.1 Å². The highest BCUT2D eigenvalue weighted by Gasteiger charge is 2.40. The maximum Gasteiger partial charge on any atom is 0.336 e. The van der Waals surface area contributed by atoms with Gasteiger partial charge in [-0.3, -0.25) is 0 Å². The molecule has 1 aromatic carbocycles. The molecular formula is C22H29Cl3N2O6. The summed E-state index contributed by atoms with van der Waals surface area (Å²) in [5, 5.41) is 3.63. The van der Waals surface area contributed by atoms with Crippen molar-refractivity contribution in [2.45, 2.75) is 19.8 Å². The van der Waals surface area contributed by atoms with Gasteiger partial charge >= 0.3 is 11.9 Å². The largest absolute Gasteiger partial charge is 0.466 e. The highest BCUT2D eigenvalue weighted by Crippen LogP contribution is 2.43. The van der Waals surface area contributed by atoms with Gasteiger partial charge in [0.15, 0.2) is 0 Å². The summed E-state index contributed by atoms with van der Waals surface area (Å²) in [7, 11) is 1.27. The van der Waals surface area contributed by atoms with E-state index in [-0.39, 0.29) is 48.4 Å². The summed E-state index contributed by atoms with van der Waals surface area (Å²) >= 11 is 12.7. The first-order valence-corrected chi connectivity index (χ1v) is 10.9. The van der Waals surface area contributed by atoms with Crippen molar-refractivity contribution in [3.8, 4) is 0 Å². The molecule has 1 unspecified atom stereocenters. The summed E-state index contributed by atoms with van der Waals surface area (Å²) in [5.74, 6) is -2.07. The molecule has 0 bridgehead atoms. The van der Waals surface area contributed by atoms with Gasteiger partial charge in [-0.2, -0.15) is 0 Å². The number of esters is 2. The topological polar surface area (TPSA) is 109 Å². The number of benzene rings is 1. The van der Waals surface area contributed by atoms with Crippen molar-refractivity contribution in [2.75, 3.05) is 46.7 Å². The third-order valence-electron chi connectivity index (χ3n) is 4.72. The zero-order valence-corrected chi connectivity index (χ0v) is 21.1. The Kier molecular flexibility index (Phi) is 12.8. The van der Waals surface area contributed by atoms with E-state index in [9.17, 15) is 9.59 Å². The smallest absolute Gasteiger partial charge is 0.336 e. The number of rotatable bonds is 11. The molecular weight excluding hydrogens is 495 g/mol. The predicted molar refractivity (Wildman–Crippen MR) is 129 cm³/mol. The number of carbonyl (C=O) groups is 2. The van der Waals surface area contributed by atoms with Crippen LogP contribution in [0.15, 0.2) is 40.7 Å². The van der Waals surface area contributed by atoms with E-state index >= 15 is 0 Å². The number of ether oxygens (including phenoxy) is 4. The van der Waals surface area contributed by atoms with Gasteiger partial charge in [-0.1, -0.05) is 35.3 Å². The standard InChI is InChI=1S/C22H28Cl2N2O6.ClH/c1-4-32-22(28)19-16(12-31-11-10-30-9-8-25)26-13(2)17(21(27)29-3)18(19)14-6-5-7-15(23)20(14)24;/h5-7,18,26H,4,8-12,25H2,1-3H3;1H. The number of hydrogen-bond acceptors (Lipinski definition) is 8. The van der Waals surface area contributed by atoms with Crippen molar-refractivity contribution in [1.29, 1.82) is 0 Å². The maximum absolute atomic E-state index is 13.1. The lowest BCUT2D eigenvalue weighted by atomic mass is 9.80. The number of nitrogens with two attached hydrogens (primary N) is 1. The van der Waals surface area contributed by atoms with E-state index < -0.39 is 17.9 Å². The second kappa shape index (κ2) is 14.5. The fourth-order valence-corrected chi connectivity index (χ4v) is 3.79. The van der Waals surface area contributed by atoms with E-state index in [1.165, 1.54) is 7.11 Å². The lowest BCUT2D eigenvalue weighted by Crippen LogP contribution is -2.35. The third kappa shape index (κ3) is 7.34. The molecule has 1 heterocycles. The van der Waals surface area contributed by atoms with Crippen LogP contribution in [0.4, 0.5) is 0 Å². The normalized spacial score (nSPS) is 15.6. The van der Waals surface area contributed by atoms with Gasteiger partial charge in [0, 0.05) is 12.2 Å². The molecule has 33 heavy (non-hydrogen) atoms. The van der Waals surface area contributed by atoms with E-state index in [4.69, 9.17) is 47.9 Å². The summed E-state index contributed by atoms with van der Waals surface area (Å²) in [6.45, 7) is 5.10. The van der Waals surface area contributed by atoms with Crippen molar-refractivity contribution < 1.29 is 28.5 Å². The molecule has 1 aromatic rings. The van der Waals surface area contributed by atoms with Gasteiger partial charge in [0.2, 0.25) is 0 Å². The first-order valence-electron chi connectivity index (χ1n) is 10.1. The molecule has 0 saturated heterocycles. The van der Waals surface area contributed by atoms with Gasteiger partial charge in [0.1, 0.15) is 0 Å². The van der Waals surface area contributed by atoms with Crippen LogP contribution in [0.5, 0.6) is 0 Å². The number of carbonyl (C=O) groups excluding carboxylic acids is 2. The monoisotopic (exact) mass is 522 g/mol. The van der Waals surface area contributed by atoms with Gasteiger partial charge < -0.3 is 30.0 Å². The number of dihydropyridines is 1. The molecule has 0 amide bonds. The van der Waals surface area contributed by atoms with Crippen molar-refractivity contribution in [1.82, 2.24) is 5.32 Å². The number of halogens is 3. The summed E-state index contributed by atoms with van der Waals surface area (Å²) in [6.07, 6.45) is 0. The molecule has 0 aliphatic carbocycles. The number of nitrogens with one attached hydrogen (secondary N) is 1. The molecule has 0 saturated carbocycles. The molecule has 0 radical (unpaired) electrons. The average molecular weight is 524 g/mol. The fraction of sp³-hybridized carbons (Fsp3) is 0.455. The van der Waals surface area contributed by atoms with Crippen LogP contribution in [0.2, 0.25) is 10.0 Å². The van der Waals surface area contributed by atoms with Gasteiger partial charge in [-0.05, 0) is 25.5 Å². The second-order valence-electron chi connectivity index (χ2n) is 6.80. The third-order valence-corrected chi connectivity index (χ3v) is 5.55. The predicted octanol–water partition coefficient (Wildman–Crippen LogP) is 3.36. The molecule has 0 fully saturated rings. The number of allylic oxidation sites excluding steroid dienone is 1. The minimum Gasteiger partial charge on any atom is -0.466 e. The van der Waals surface area contributed by atoms with Crippen molar-refractivity contribution in [3.05, 3.63) is 56.3 Å². The van der Waals surface area contributed by atoms with Crippen LogP contribution in [0.25, 0.3) is 0 Å². The highest BCUT2D eigenvalue weighted by molar-refractivity contribution is 6.42. The molecule has 8 nitrogen and oxygen atoms in total. The lowest BCUT2D eigenvalue weighted by Gasteiger charge is -2.31. The number of hydrogen-bond donors (Lipinski definition) is 2. The summed E-state index contributed by atoms with van der Waals surface area (Å²) in [6, 6.07) is 5.03. The molecule has 3 N–H and O–H groups in total. The highest BCUT2D eigenvalue weighted by atomic mass is 35.5. The Hall–Kier alpha value is -1.81. The van der Waals surface area contributed by atoms with Crippen molar-refractivity contribution in [3.63, 3.8) is 0 Å². The zero-order chi connectivity index (χ0) is 23.7. The SMILES string of the molecule is CCOC(=O)C1=C(COCCOCCN)NC(C)=C(C(=O)OC)C1c1cccc(Cl)c1Cl.Cl. The summed E-state index contributed by atoms with van der Waals surface area (Å²) in [4.78, 5) is 25.8. The van der Waals surface area contributed by atoms with Crippen molar-refractivity contribution in [2.24, 2.45) is 5.73 Å². The van der Waals surface area contributed by atoms with Gasteiger partial charge in [-0.15, -0.1) is 12.4 Å². The Balaban J connectivity index is 0.00000544. The van der Waals surface area contributed by atoms with E-state index in [1.54, 1.807) is 32.0 Å². The van der Waals surface area contributed by atoms with Crippen molar-refractivity contribution >= 4 is 47.5 Å². The Labute approximate surface area is 209 Å². The van der Waals surface area contributed by atoms with Crippen LogP contribution in [-0.2, 0) is 28.5 Å². The molecule has 11 heteroatoms. The first kappa shape index (κ1) is 29.2. The molecule has 2 rings (SSSR count). The Morgan fingerprint density at radius 3 is 2.42 bits per heavy atom.